The van der Waals surface area contributed by atoms with Crippen LogP contribution >= 0.6 is 15.9 Å². The molecule has 2 aromatic heterocycles. The molecule has 0 bridgehead atoms. The molecule has 4 aromatic rings. The number of benzene rings is 2. The Morgan fingerprint density at radius 1 is 0.952 bits per heavy atom. The van der Waals surface area contributed by atoms with E-state index < -0.39 is 8.07 Å². The molecule has 1 aliphatic rings. The van der Waals surface area contributed by atoms with Gasteiger partial charge in [0.25, 0.3) is 0 Å². The number of aromatic nitrogens is 3. The SMILES string of the molecule is C[Si](C)(C)CCOCn1nc(-c2ccc(N3CCOCC3)c(OCCCOCc3ccccc3)c2)c2cc(Br)ncc21. The molecule has 3 heterocycles. The molecule has 5 rings (SSSR count). The number of anilines is 1. The lowest BCUT2D eigenvalue weighted by Gasteiger charge is -2.30. The Morgan fingerprint density at radius 3 is 2.55 bits per heavy atom. The van der Waals surface area contributed by atoms with Gasteiger partial charge in [0.2, 0.25) is 0 Å². The largest absolute Gasteiger partial charge is 0.491 e. The highest BCUT2D eigenvalue weighted by molar-refractivity contribution is 9.10. The fraction of sp³-hybridized carbons (Fsp3) is 0.438. The molecule has 2 aromatic carbocycles. The van der Waals surface area contributed by atoms with E-state index in [1.54, 1.807) is 0 Å². The van der Waals surface area contributed by atoms with E-state index in [0.29, 0.717) is 39.8 Å². The van der Waals surface area contributed by atoms with Gasteiger partial charge in [0.05, 0.1) is 50.4 Å². The Kier molecular flexibility index (Phi) is 10.7. The standard InChI is InChI=1S/C32H41BrN4O4Si/c1-42(2,3)19-18-40-24-37-29-22-34-31(33)21-27(29)32(35-37)26-10-11-28(36-12-16-38-17-13-36)30(20-26)41-15-7-14-39-23-25-8-5-4-6-9-25/h4-6,8-11,20-22H,7,12-19,23-24H2,1-3H3. The Labute approximate surface area is 258 Å². The lowest BCUT2D eigenvalue weighted by atomic mass is 10.1. The maximum absolute atomic E-state index is 6.42. The molecule has 10 heteroatoms. The molecule has 0 atom stereocenters. The molecular formula is C32H41BrN4O4Si. The van der Waals surface area contributed by atoms with Crippen LogP contribution in [0, 0.1) is 0 Å². The average Bonchev–Trinajstić information content (AvgIpc) is 3.35. The summed E-state index contributed by atoms with van der Waals surface area (Å²) in [7, 11) is -1.17. The molecule has 1 saturated heterocycles. The highest BCUT2D eigenvalue weighted by Gasteiger charge is 2.20. The molecule has 1 aliphatic heterocycles. The van der Waals surface area contributed by atoms with E-state index in [1.165, 1.54) is 5.56 Å². The predicted octanol–water partition coefficient (Wildman–Crippen LogP) is 7.00. The van der Waals surface area contributed by atoms with Gasteiger partial charge in [0.1, 0.15) is 22.8 Å². The number of morpholine rings is 1. The van der Waals surface area contributed by atoms with Crippen molar-refractivity contribution in [1.29, 1.82) is 0 Å². The molecule has 0 spiro atoms. The number of halogens is 1. The second-order valence-electron chi connectivity index (χ2n) is 11.7. The summed E-state index contributed by atoms with van der Waals surface area (Å²) in [6, 6.07) is 19.8. The van der Waals surface area contributed by atoms with Crippen molar-refractivity contribution >= 4 is 40.6 Å². The predicted molar refractivity (Wildman–Crippen MR) is 174 cm³/mol. The second kappa shape index (κ2) is 14.6. The Bertz CT molecular complexity index is 1440. The monoisotopic (exact) mass is 652 g/mol. The van der Waals surface area contributed by atoms with Crippen LogP contribution in [-0.4, -0.2) is 69.0 Å². The number of ether oxygens (including phenoxy) is 4. The van der Waals surface area contributed by atoms with Crippen molar-refractivity contribution in [3.63, 3.8) is 0 Å². The van der Waals surface area contributed by atoms with Gasteiger partial charge >= 0.3 is 0 Å². The van der Waals surface area contributed by atoms with Crippen LogP contribution in [0.1, 0.15) is 12.0 Å². The van der Waals surface area contributed by atoms with Crippen LogP contribution in [0.25, 0.3) is 22.2 Å². The zero-order chi connectivity index (χ0) is 29.4. The van der Waals surface area contributed by atoms with E-state index in [9.17, 15) is 0 Å². The minimum absolute atomic E-state index is 0.391. The van der Waals surface area contributed by atoms with Crippen LogP contribution in [0.3, 0.4) is 0 Å². The summed E-state index contributed by atoms with van der Waals surface area (Å²) in [6.45, 7) is 13.1. The zero-order valence-corrected chi connectivity index (χ0v) is 27.4. The van der Waals surface area contributed by atoms with Crippen molar-refractivity contribution in [2.75, 3.05) is 51.0 Å². The summed E-state index contributed by atoms with van der Waals surface area (Å²) in [5.41, 5.74) is 5.07. The molecule has 0 aliphatic carbocycles. The van der Waals surface area contributed by atoms with Gasteiger partial charge in [-0.15, -0.1) is 0 Å². The van der Waals surface area contributed by atoms with Crippen molar-refractivity contribution in [2.24, 2.45) is 0 Å². The Balaban J connectivity index is 1.33. The Hall–Kier alpha value is -2.76. The maximum Gasteiger partial charge on any atom is 0.143 e. The molecule has 0 amide bonds. The number of hydrogen-bond acceptors (Lipinski definition) is 7. The molecule has 0 N–H and O–H groups in total. The van der Waals surface area contributed by atoms with Gasteiger partial charge in [0, 0.05) is 45.1 Å². The first kappa shape index (κ1) is 30.7. The number of fused-ring (bicyclic) bond motifs is 1. The van der Waals surface area contributed by atoms with Gasteiger partial charge in [-0.25, -0.2) is 9.67 Å². The summed E-state index contributed by atoms with van der Waals surface area (Å²) >= 11 is 3.55. The fourth-order valence-electron chi connectivity index (χ4n) is 4.84. The van der Waals surface area contributed by atoms with Crippen molar-refractivity contribution in [2.45, 2.75) is 45.4 Å². The second-order valence-corrected chi connectivity index (χ2v) is 18.2. The highest BCUT2D eigenvalue weighted by atomic mass is 79.9. The topological polar surface area (TPSA) is 70.9 Å². The summed E-state index contributed by atoms with van der Waals surface area (Å²) < 4.78 is 26.6. The normalized spacial score (nSPS) is 14.0. The van der Waals surface area contributed by atoms with Gasteiger partial charge in [-0.3, -0.25) is 0 Å². The van der Waals surface area contributed by atoms with Crippen molar-refractivity contribution in [3.05, 3.63) is 71.0 Å². The molecule has 224 valence electrons. The fourth-order valence-corrected chi connectivity index (χ4v) is 5.93. The van der Waals surface area contributed by atoms with E-state index >= 15 is 0 Å². The third-order valence-corrected chi connectivity index (χ3v) is 9.34. The van der Waals surface area contributed by atoms with Crippen LogP contribution < -0.4 is 9.64 Å². The lowest BCUT2D eigenvalue weighted by molar-refractivity contribution is 0.0818. The molecule has 1 fully saturated rings. The number of nitrogens with zero attached hydrogens (tertiary/aromatic N) is 4. The molecular weight excluding hydrogens is 612 g/mol. The van der Waals surface area contributed by atoms with Crippen LogP contribution in [0.5, 0.6) is 5.75 Å². The van der Waals surface area contributed by atoms with E-state index in [2.05, 4.69) is 75.8 Å². The first-order valence-electron chi connectivity index (χ1n) is 14.7. The first-order valence-corrected chi connectivity index (χ1v) is 19.2. The van der Waals surface area contributed by atoms with E-state index in [0.717, 1.165) is 70.4 Å². The molecule has 0 saturated carbocycles. The van der Waals surface area contributed by atoms with E-state index in [1.807, 2.05) is 35.1 Å². The van der Waals surface area contributed by atoms with Gasteiger partial charge < -0.3 is 23.8 Å². The lowest BCUT2D eigenvalue weighted by Crippen LogP contribution is -2.36. The number of hydrogen-bond donors (Lipinski definition) is 0. The van der Waals surface area contributed by atoms with Gasteiger partial charge in [-0.2, -0.15) is 5.10 Å². The van der Waals surface area contributed by atoms with Crippen molar-refractivity contribution in [1.82, 2.24) is 14.8 Å². The van der Waals surface area contributed by atoms with E-state index in [-0.39, 0.29) is 0 Å². The maximum atomic E-state index is 6.42. The third-order valence-electron chi connectivity index (χ3n) is 7.20. The smallest absolute Gasteiger partial charge is 0.143 e. The van der Waals surface area contributed by atoms with Gasteiger partial charge in [-0.05, 0) is 45.7 Å². The summed E-state index contributed by atoms with van der Waals surface area (Å²) in [5, 5.41) is 6.02. The molecule has 8 nitrogen and oxygen atoms in total. The minimum atomic E-state index is -1.17. The quantitative estimate of drug-likeness (QED) is 0.0825. The third kappa shape index (κ3) is 8.41. The zero-order valence-electron chi connectivity index (χ0n) is 24.9. The van der Waals surface area contributed by atoms with Crippen LogP contribution in [0.15, 0.2) is 65.4 Å². The molecule has 0 radical (unpaired) electrons. The van der Waals surface area contributed by atoms with Crippen LogP contribution in [0.2, 0.25) is 25.7 Å². The minimum Gasteiger partial charge on any atom is -0.491 e. The summed E-state index contributed by atoms with van der Waals surface area (Å²) in [5.74, 6) is 0.847. The van der Waals surface area contributed by atoms with E-state index in [4.69, 9.17) is 24.0 Å². The van der Waals surface area contributed by atoms with Crippen LogP contribution in [-0.2, 0) is 27.5 Å². The number of rotatable bonds is 14. The van der Waals surface area contributed by atoms with Crippen molar-refractivity contribution < 1.29 is 18.9 Å². The highest BCUT2D eigenvalue weighted by Crippen LogP contribution is 2.37. The van der Waals surface area contributed by atoms with Crippen molar-refractivity contribution in [3.8, 4) is 17.0 Å². The summed E-state index contributed by atoms with van der Waals surface area (Å²) in [6.07, 6.45) is 2.65. The van der Waals surface area contributed by atoms with Gasteiger partial charge in [0.15, 0.2) is 0 Å². The van der Waals surface area contributed by atoms with Gasteiger partial charge in [-0.1, -0.05) is 56.0 Å². The molecule has 42 heavy (non-hydrogen) atoms. The Morgan fingerprint density at radius 2 is 1.76 bits per heavy atom. The number of pyridine rings is 1. The molecule has 0 unspecified atom stereocenters. The average molecular weight is 654 g/mol. The van der Waals surface area contributed by atoms with Crippen LogP contribution in [0.4, 0.5) is 5.69 Å². The summed E-state index contributed by atoms with van der Waals surface area (Å²) in [4.78, 5) is 6.80. The first-order chi connectivity index (χ1) is 20.4.